The van der Waals surface area contributed by atoms with Crippen LogP contribution < -0.4 is 5.32 Å². The van der Waals surface area contributed by atoms with Crippen molar-refractivity contribution in [3.63, 3.8) is 0 Å². The largest absolute Gasteiger partial charge is 0.481 e. The Morgan fingerprint density at radius 3 is 2.93 bits per heavy atom. The lowest BCUT2D eigenvalue weighted by Gasteiger charge is -2.05. The summed E-state index contributed by atoms with van der Waals surface area (Å²) in [6, 6.07) is 8.10. The molecule has 0 saturated heterocycles. The molecule has 3 heteroatoms. The molecule has 2 unspecified atom stereocenters. The molecule has 1 aromatic rings. The van der Waals surface area contributed by atoms with Crippen LogP contribution in [0.25, 0.3) is 0 Å². The van der Waals surface area contributed by atoms with Gasteiger partial charge in [0, 0.05) is 11.7 Å². The molecule has 0 radical (unpaired) electrons. The van der Waals surface area contributed by atoms with Crippen LogP contribution in [0, 0.1) is 12.8 Å². The molecule has 2 rings (SSSR count). The number of hydrogen-bond donors (Lipinski definition) is 2. The van der Waals surface area contributed by atoms with E-state index in [2.05, 4.69) is 5.32 Å². The molecule has 1 aromatic carbocycles. The van der Waals surface area contributed by atoms with E-state index in [0.29, 0.717) is 0 Å². The number of nitrogens with one attached hydrogen (secondary N) is 1. The van der Waals surface area contributed by atoms with E-state index in [1.165, 1.54) is 5.56 Å². The average Bonchev–Trinajstić information content (AvgIpc) is 2.84. The lowest BCUT2D eigenvalue weighted by molar-refractivity contribution is -0.138. The van der Waals surface area contributed by atoms with Crippen LogP contribution >= 0.6 is 0 Å². The van der Waals surface area contributed by atoms with E-state index >= 15 is 0 Å². The minimum absolute atomic E-state index is 0.120. The SMILES string of the molecule is Cc1cccc(NC2CC2C(=O)O)c1. The number of carboxylic acid groups (broad SMARTS) is 1. The first-order chi connectivity index (χ1) is 6.66. The van der Waals surface area contributed by atoms with Gasteiger partial charge < -0.3 is 10.4 Å². The number of aryl methyl sites for hydroxylation is 1. The van der Waals surface area contributed by atoms with Crippen LogP contribution in [-0.2, 0) is 4.79 Å². The Bertz CT molecular complexity index is 362. The first kappa shape index (κ1) is 9.06. The third kappa shape index (κ3) is 1.87. The van der Waals surface area contributed by atoms with Gasteiger partial charge in [-0.15, -0.1) is 0 Å². The van der Waals surface area contributed by atoms with Gasteiger partial charge in [-0.1, -0.05) is 12.1 Å². The molecule has 0 aromatic heterocycles. The Balaban J connectivity index is 1.97. The molecule has 3 nitrogen and oxygen atoms in total. The molecule has 14 heavy (non-hydrogen) atoms. The van der Waals surface area contributed by atoms with E-state index in [0.717, 1.165) is 12.1 Å². The van der Waals surface area contributed by atoms with Crippen LogP contribution in [0.5, 0.6) is 0 Å². The number of aliphatic carboxylic acids is 1. The monoisotopic (exact) mass is 191 g/mol. The minimum atomic E-state index is -0.699. The van der Waals surface area contributed by atoms with Crippen molar-refractivity contribution < 1.29 is 9.90 Å². The van der Waals surface area contributed by atoms with Gasteiger partial charge in [-0.2, -0.15) is 0 Å². The number of carbonyl (C=O) groups is 1. The second kappa shape index (κ2) is 3.33. The smallest absolute Gasteiger partial charge is 0.308 e. The van der Waals surface area contributed by atoms with Crippen LogP contribution in [0.4, 0.5) is 5.69 Å². The fourth-order valence-electron chi connectivity index (χ4n) is 1.58. The number of carboxylic acids is 1. The van der Waals surface area contributed by atoms with Crippen molar-refractivity contribution in [1.29, 1.82) is 0 Å². The molecule has 1 fully saturated rings. The highest BCUT2D eigenvalue weighted by Gasteiger charge is 2.43. The first-order valence-electron chi connectivity index (χ1n) is 4.73. The van der Waals surface area contributed by atoms with Gasteiger partial charge in [-0.3, -0.25) is 4.79 Å². The Morgan fingerprint density at radius 1 is 1.57 bits per heavy atom. The highest BCUT2D eigenvalue weighted by atomic mass is 16.4. The summed E-state index contributed by atoms with van der Waals surface area (Å²) in [5.41, 5.74) is 2.20. The van der Waals surface area contributed by atoms with Gasteiger partial charge in [0.25, 0.3) is 0 Å². The molecule has 1 aliphatic rings. The highest BCUT2D eigenvalue weighted by molar-refractivity contribution is 5.75. The topological polar surface area (TPSA) is 49.3 Å². The van der Waals surface area contributed by atoms with E-state index in [4.69, 9.17) is 5.11 Å². The normalized spacial score (nSPS) is 24.4. The molecule has 0 bridgehead atoms. The van der Waals surface area contributed by atoms with Crippen LogP contribution in [0.15, 0.2) is 24.3 Å². The van der Waals surface area contributed by atoms with Crippen molar-refractivity contribution in [3.8, 4) is 0 Å². The quantitative estimate of drug-likeness (QED) is 0.766. The van der Waals surface area contributed by atoms with Crippen LogP contribution in [-0.4, -0.2) is 17.1 Å². The fraction of sp³-hybridized carbons (Fsp3) is 0.364. The molecular formula is C11H13NO2. The molecule has 1 aliphatic carbocycles. The average molecular weight is 191 g/mol. The molecule has 74 valence electrons. The number of anilines is 1. The van der Waals surface area contributed by atoms with Crippen molar-refractivity contribution in [1.82, 2.24) is 0 Å². The lowest BCUT2D eigenvalue weighted by atomic mass is 10.2. The molecule has 1 saturated carbocycles. The van der Waals surface area contributed by atoms with Gasteiger partial charge in [0.1, 0.15) is 0 Å². The van der Waals surface area contributed by atoms with Crippen molar-refractivity contribution in [3.05, 3.63) is 29.8 Å². The van der Waals surface area contributed by atoms with Crippen molar-refractivity contribution in [2.45, 2.75) is 19.4 Å². The highest BCUT2D eigenvalue weighted by Crippen LogP contribution is 2.33. The van der Waals surface area contributed by atoms with E-state index in [9.17, 15) is 4.79 Å². The van der Waals surface area contributed by atoms with Crippen molar-refractivity contribution in [2.75, 3.05) is 5.32 Å². The Morgan fingerprint density at radius 2 is 2.36 bits per heavy atom. The zero-order chi connectivity index (χ0) is 10.1. The summed E-state index contributed by atoms with van der Waals surface area (Å²) in [6.07, 6.45) is 0.739. The summed E-state index contributed by atoms with van der Waals surface area (Å²) in [6.45, 7) is 2.02. The minimum Gasteiger partial charge on any atom is -0.481 e. The van der Waals surface area contributed by atoms with E-state index in [1.807, 2.05) is 31.2 Å². The zero-order valence-electron chi connectivity index (χ0n) is 8.03. The van der Waals surface area contributed by atoms with E-state index in [-0.39, 0.29) is 12.0 Å². The van der Waals surface area contributed by atoms with Crippen molar-refractivity contribution >= 4 is 11.7 Å². The Kier molecular flexibility index (Phi) is 2.15. The predicted molar refractivity (Wildman–Crippen MR) is 54.3 cm³/mol. The van der Waals surface area contributed by atoms with Gasteiger partial charge in [0.05, 0.1) is 5.92 Å². The van der Waals surface area contributed by atoms with Crippen molar-refractivity contribution in [2.24, 2.45) is 5.92 Å². The van der Waals surface area contributed by atoms with Gasteiger partial charge in [-0.05, 0) is 31.0 Å². The summed E-state index contributed by atoms with van der Waals surface area (Å²) in [5.74, 6) is -0.898. The zero-order valence-corrected chi connectivity index (χ0v) is 8.03. The summed E-state index contributed by atoms with van der Waals surface area (Å²) in [4.78, 5) is 10.6. The van der Waals surface area contributed by atoms with Gasteiger partial charge in [-0.25, -0.2) is 0 Å². The Hall–Kier alpha value is -1.51. The number of rotatable bonds is 3. The molecule has 0 heterocycles. The van der Waals surface area contributed by atoms with Crippen LogP contribution in [0.3, 0.4) is 0 Å². The lowest BCUT2D eigenvalue weighted by Crippen LogP contribution is -2.09. The van der Waals surface area contributed by atoms with Crippen LogP contribution in [0.2, 0.25) is 0 Å². The molecular weight excluding hydrogens is 178 g/mol. The third-order valence-corrected chi connectivity index (χ3v) is 2.48. The molecule has 0 amide bonds. The Labute approximate surface area is 82.8 Å². The van der Waals surface area contributed by atoms with E-state index < -0.39 is 5.97 Å². The third-order valence-electron chi connectivity index (χ3n) is 2.48. The first-order valence-corrected chi connectivity index (χ1v) is 4.73. The number of hydrogen-bond acceptors (Lipinski definition) is 2. The maximum Gasteiger partial charge on any atom is 0.308 e. The molecule has 2 atom stereocenters. The maximum atomic E-state index is 10.6. The molecule has 0 aliphatic heterocycles. The summed E-state index contributed by atoms with van der Waals surface area (Å²) >= 11 is 0. The van der Waals surface area contributed by atoms with E-state index in [1.54, 1.807) is 0 Å². The van der Waals surface area contributed by atoms with Gasteiger partial charge >= 0.3 is 5.97 Å². The second-order valence-electron chi connectivity index (χ2n) is 3.80. The number of benzene rings is 1. The summed E-state index contributed by atoms with van der Waals surface area (Å²) in [5, 5.41) is 11.9. The summed E-state index contributed by atoms with van der Waals surface area (Å²) < 4.78 is 0. The van der Waals surface area contributed by atoms with Crippen LogP contribution in [0.1, 0.15) is 12.0 Å². The summed E-state index contributed by atoms with van der Waals surface area (Å²) in [7, 11) is 0. The molecule has 0 spiro atoms. The second-order valence-corrected chi connectivity index (χ2v) is 3.80. The maximum absolute atomic E-state index is 10.6. The predicted octanol–water partition coefficient (Wildman–Crippen LogP) is 1.88. The standard InChI is InChI=1S/C11H13NO2/c1-7-3-2-4-8(5-7)12-10-6-9(10)11(13)14/h2-5,9-10,12H,6H2,1H3,(H,13,14). The molecule has 2 N–H and O–H groups in total. The fourth-order valence-corrected chi connectivity index (χ4v) is 1.58. The van der Waals surface area contributed by atoms with Gasteiger partial charge in [0.15, 0.2) is 0 Å². The van der Waals surface area contributed by atoms with Gasteiger partial charge in [0.2, 0.25) is 0 Å².